The fraction of sp³-hybridized carbons (Fsp3) is 0.327. The van der Waals surface area contributed by atoms with Crippen LogP contribution >= 0.6 is 8.86 Å². The van der Waals surface area contributed by atoms with Gasteiger partial charge in [0.05, 0.1) is 22.3 Å². The molecule has 11 aromatic rings. The van der Waals surface area contributed by atoms with Crippen LogP contribution in [0.3, 0.4) is 0 Å². The number of aliphatic hydroxyl groups is 2. The molecule has 3 amide bonds. The quantitative estimate of drug-likeness (QED) is 0.00422. The number of unbranched alkanes of at least 4 members (excludes halogenated alkanes) is 9. The van der Waals surface area contributed by atoms with Crippen molar-refractivity contribution in [3.63, 3.8) is 0 Å². The standard InChI is InChI=1S/C28H31FN2O5.C28H29FN2O5.C22H18FNO5.C21H21FN2O4.C6H15NO.CH4S.CH3.W/c2*29-22-13-10-20(11-14-22)12-15-24(33)23-18-31-25(28(35)30-16-6-1-2-7-17-32)27(26(23)34)36-19-21-8-4-3-5-9-21;23-16-9-6-14(7-10-16)8-11-18(25)17-12-24-19(22(27)28)21(20(17)26)29-13-15-4-2-1-3-5-15;22-14-8-5-13(6-9-14)7-10-16(25)15-12-24-17-4-2-1-3-11-23(17)21(28)18(24)20(27)19(15)26;7-5-3-1-2-4-6-8;1-2;;/h3-5,8-11,13-14,18,32H,1-2,6-7,12,15-17,19H2,(H,30,35)(H,31,34);3-5,8-11,13-14,17-18H,1-2,6-7,12,15-16,19H2,(H,30,35)(H,31,34);1-7,9-10,12H,8,11,13H2,(H,24,26)(H,27,28);5-6,8-9,12,17,27H,1-4,7,10-11H2;8H,1-7H2;2H,1H3;1H3;/q;;;;;;-1;/i/hD. The Balaban J connectivity index is 0.000000247. The maximum Gasteiger partial charge on any atom is -0.358 e. The van der Waals surface area contributed by atoms with Crippen molar-refractivity contribution in [3.05, 3.63) is 368 Å². The fourth-order valence-electron chi connectivity index (χ4n) is 14.8. The van der Waals surface area contributed by atoms with Crippen LogP contribution in [0.2, 0.25) is 0 Å². The number of carboxylic acids is 1. The molecule has 2 unspecified atom stereocenters. The van der Waals surface area contributed by atoms with E-state index < -0.39 is 79.8 Å². The Hall–Kier alpha value is -13.6. The minimum absolute atomic E-state index is 0. The van der Waals surface area contributed by atoms with E-state index in [1.807, 2.05) is 73.0 Å². The van der Waals surface area contributed by atoms with Crippen molar-refractivity contribution >= 4 is 62.0 Å². The SMILES string of the molecule is NCCCCCCO.O=C(CCc1ccc(F)cc1)c1cn2c(c(O)c1=O)C(=O)N1CCCCCC12.O=C(NCCCCCCO)c1[nH]cc(C(=O)CCc2ccc(F)cc2)c(=O)c1OCc1ccccc1.O=C(O)c1[nH]cc(C(=O)CCc2ccc(F)cc2)c(=O)c1OCc1ccccc1.O=CCCCCCNC(=O)c1[nH]cc(C(=O)CCc2ccc(F)cc2)c(=O)c1OCc1ccccc1.[2H][S](C)=[W].[CH3-]. The molecule has 1 fully saturated rings. The number of pyridine rings is 4. The van der Waals surface area contributed by atoms with Crippen molar-refractivity contribution in [2.75, 3.05) is 45.6 Å². The Kier molecular flexibility index (Phi) is 49.9. The molecule has 0 saturated carbocycles. The number of aromatic carboxylic acids is 1. The number of nitrogens with zero attached hydrogens (tertiary/aromatic N) is 2. The monoisotopic (exact) mass is 2130 g/mol. The van der Waals surface area contributed by atoms with Gasteiger partial charge in [-0.2, -0.15) is 0 Å². The number of rotatable bonds is 45. The Morgan fingerprint density at radius 1 is 0.468 bits per heavy atom. The molecule has 2 atom stereocenters. The number of ether oxygens (including phenoxy) is 3. The number of amides is 3. The van der Waals surface area contributed by atoms with Gasteiger partial charge < -0.3 is 87.6 Å². The molecule has 750 valence electrons. The van der Waals surface area contributed by atoms with E-state index in [4.69, 9.17) is 31.3 Å². The summed E-state index contributed by atoms with van der Waals surface area (Å²) in [5, 5.41) is 42.4. The van der Waals surface area contributed by atoms with Gasteiger partial charge in [0.15, 0.2) is 68.9 Å². The third-order valence-electron chi connectivity index (χ3n) is 22.4. The molecule has 0 spiro atoms. The van der Waals surface area contributed by atoms with Crippen molar-refractivity contribution in [1.82, 2.24) is 35.1 Å². The number of aldehydes is 1. The van der Waals surface area contributed by atoms with Gasteiger partial charge in [-0.25, -0.2) is 22.4 Å². The van der Waals surface area contributed by atoms with Crippen LogP contribution in [0.15, 0.2) is 232 Å². The van der Waals surface area contributed by atoms with Crippen molar-refractivity contribution < 1.29 is 113 Å². The first kappa shape index (κ1) is 113. The summed E-state index contributed by atoms with van der Waals surface area (Å²) in [6, 6.07) is 50.5. The van der Waals surface area contributed by atoms with E-state index in [1.54, 1.807) is 82.3 Å². The van der Waals surface area contributed by atoms with E-state index in [9.17, 15) is 90.1 Å². The summed E-state index contributed by atoms with van der Waals surface area (Å²) in [5.74, 6) is -7.34. The molecule has 11 N–H and O–H groups in total. The number of halogens is 4. The van der Waals surface area contributed by atoms with Crippen molar-refractivity contribution in [2.45, 2.75) is 180 Å². The van der Waals surface area contributed by atoms with Gasteiger partial charge in [-0.1, -0.05) is 178 Å². The second-order valence-corrected chi connectivity index (χ2v) is 36.5. The molecule has 0 aliphatic carbocycles. The number of carboxylic acid groups (broad SMARTS) is 1. The topological polar surface area (TPSA) is 436 Å². The minimum Gasteiger partial charge on any atom is -0.358 e. The molecular weight excluding hydrogens is 2010 g/mol. The van der Waals surface area contributed by atoms with Gasteiger partial charge in [0.25, 0.3) is 17.7 Å². The molecule has 141 heavy (non-hydrogen) atoms. The predicted octanol–water partition coefficient (Wildman–Crippen LogP) is 16.7. The normalized spacial score (nSPS) is 12.3. The van der Waals surface area contributed by atoms with E-state index >= 15 is 0 Å². The molecule has 13 rings (SSSR count). The Morgan fingerprint density at radius 2 is 0.801 bits per heavy atom. The number of hydrogen-bond donors (Lipinski definition) is 11. The van der Waals surface area contributed by atoms with E-state index in [1.165, 1.54) is 85.1 Å². The fourth-order valence-corrected chi connectivity index (χ4v) is 14.8. The van der Waals surface area contributed by atoms with E-state index in [0.717, 1.165) is 148 Å². The first-order valence-corrected chi connectivity index (χ1v) is 51.0. The number of nitrogens with two attached hydrogens (primary N) is 1. The predicted molar refractivity (Wildman–Crippen MR) is 528 cm³/mol. The van der Waals surface area contributed by atoms with Gasteiger partial charge in [0, 0.05) is 89.7 Å². The summed E-state index contributed by atoms with van der Waals surface area (Å²) < 4.78 is 77.5. The molecule has 7 aromatic carbocycles. The van der Waals surface area contributed by atoms with Crippen LogP contribution in [-0.2, 0) is 68.3 Å². The zero-order valence-electron chi connectivity index (χ0n) is 79.8. The van der Waals surface area contributed by atoms with Crippen molar-refractivity contribution in [2.24, 2.45) is 5.73 Å². The number of ketones is 4. The number of carbonyl (C=O) groups is 9. The molecule has 0 radical (unpaired) electrons. The summed E-state index contributed by atoms with van der Waals surface area (Å²) in [5.41, 5.74) is 6.75. The Labute approximate surface area is 829 Å². The van der Waals surface area contributed by atoms with Gasteiger partial charge in [0.2, 0.25) is 21.7 Å². The van der Waals surface area contributed by atoms with Crippen LogP contribution in [0.4, 0.5) is 17.6 Å². The second kappa shape index (κ2) is 62.5. The molecule has 2 aliphatic rings. The van der Waals surface area contributed by atoms with Gasteiger partial charge in [-0.15, -0.1) is 0 Å². The van der Waals surface area contributed by atoms with Crippen molar-refractivity contribution in [3.8, 4) is 23.0 Å². The van der Waals surface area contributed by atoms with Gasteiger partial charge >= 0.3 is 40.2 Å². The molecule has 2 aliphatic heterocycles. The summed E-state index contributed by atoms with van der Waals surface area (Å²) in [6.07, 6.45) is 22.8. The van der Waals surface area contributed by atoms with E-state index in [-0.39, 0.29) is 155 Å². The molecule has 28 nitrogen and oxygen atoms in total. The summed E-state index contributed by atoms with van der Waals surface area (Å²) in [6.45, 7) is 2.69. The number of fused-ring (bicyclic) bond motifs is 3. The average molecular weight is 2130 g/mol. The molecular formula is C107H121F4N8O20SW-. The maximum absolute atomic E-state index is 13.2. The molecule has 1 saturated heterocycles. The van der Waals surface area contributed by atoms with Crippen LogP contribution in [0.25, 0.3) is 0 Å². The third kappa shape index (κ3) is 37.2. The smallest absolute Gasteiger partial charge is 0.358 e. The summed E-state index contributed by atoms with van der Waals surface area (Å²) in [4.78, 5) is 172. The number of thiol groups is 1. The Bertz CT molecular complexity index is 6190. The van der Waals surface area contributed by atoms with Crippen LogP contribution in [0, 0.1) is 30.7 Å². The molecule has 0 bridgehead atoms. The number of aromatic hydroxyl groups is 1. The van der Waals surface area contributed by atoms with Gasteiger partial charge in [0.1, 0.15) is 55.5 Å². The number of aryl methyl sites for hydroxylation is 4. The molecule has 6 heterocycles. The number of carbonyl (C=O) groups excluding carboxylic acids is 8. The van der Waals surface area contributed by atoms with Crippen molar-refractivity contribution in [1.29, 1.82) is 1.12 Å². The molecule has 34 heteroatoms. The first-order valence-electron chi connectivity index (χ1n) is 46.6. The zero-order valence-corrected chi connectivity index (χ0v) is 82.6. The zero-order chi connectivity index (χ0) is 102. The third-order valence-corrected chi connectivity index (χ3v) is 22.4. The second-order valence-electron chi connectivity index (χ2n) is 32.6. The first-order chi connectivity index (χ1) is 68.0. The minimum atomic E-state index is -1.37. The number of H-pyrrole nitrogens is 3. The number of aromatic amines is 3. The Morgan fingerprint density at radius 3 is 1.15 bits per heavy atom. The number of Topliss-reactive ketones (excluding diaryl/α,β-unsaturated/α-hetero) is 4. The van der Waals surface area contributed by atoms with Crippen LogP contribution in [0.5, 0.6) is 23.0 Å². The van der Waals surface area contributed by atoms with E-state index in [0.29, 0.717) is 64.8 Å². The van der Waals surface area contributed by atoms with Crippen LogP contribution in [-0.4, -0.2) is 145 Å². The van der Waals surface area contributed by atoms with Crippen LogP contribution in [0.1, 0.15) is 257 Å². The average Bonchev–Trinajstić information content (AvgIpc) is 1.59. The largest absolute Gasteiger partial charge is 0.358 e. The number of nitrogens with one attached hydrogen (secondary N) is 5. The van der Waals surface area contributed by atoms with Gasteiger partial charge in [-0.3, -0.25) is 52.7 Å². The number of aromatic nitrogens is 4. The summed E-state index contributed by atoms with van der Waals surface area (Å²) >= 11 is 1.37. The number of benzene rings is 7. The summed E-state index contributed by atoms with van der Waals surface area (Å²) in [7, 11) is -0.0278. The number of aliphatic hydroxyl groups excluding tert-OH is 2. The number of hydrogen-bond acceptors (Lipinski definition) is 20. The molecule has 4 aromatic heterocycles. The van der Waals surface area contributed by atoms with E-state index in [2.05, 4.69) is 25.6 Å². The van der Waals surface area contributed by atoms with Gasteiger partial charge in [-0.05, 0) is 177 Å². The maximum atomic E-state index is 13.2. The van der Waals surface area contributed by atoms with Crippen LogP contribution < -0.4 is 52.3 Å².